The predicted molar refractivity (Wildman–Crippen MR) is 57.1 cm³/mol. The highest BCUT2D eigenvalue weighted by molar-refractivity contribution is 5.79. The molecular weight excluding hydrogens is 178 g/mol. The van der Waals surface area contributed by atoms with Crippen LogP contribution >= 0.6 is 0 Å². The molecule has 1 rings (SSSR count). The lowest BCUT2D eigenvalue weighted by atomic mass is 10.2. The molecule has 0 radical (unpaired) electrons. The van der Waals surface area contributed by atoms with E-state index in [9.17, 15) is 0 Å². The van der Waals surface area contributed by atoms with Crippen LogP contribution in [0, 0.1) is 0 Å². The molecule has 3 heteroatoms. The van der Waals surface area contributed by atoms with E-state index in [0.29, 0.717) is 0 Å². The molecule has 1 aromatic carbocycles. The molecule has 1 aromatic rings. The summed E-state index contributed by atoms with van der Waals surface area (Å²) < 4.78 is 5.03. The number of aliphatic hydroxyl groups excluding tert-OH is 1. The van der Waals surface area contributed by atoms with E-state index in [-0.39, 0.29) is 12.6 Å². The summed E-state index contributed by atoms with van der Waals surface area (Å²) in [6.07, 6.45) is 1.75. The van der Waals surface area contributed by atoms with Crippen molar-refractivity contribution < 1.29 is 9.84 Å². The molecule has 0 aromatic heterocycles. The zero-order chi connectivity index (χ0) is 10.4. The van der Waals surface area contributed by atoms with Gasteiger partial charge in [-0.2, -0.15) is 0 Å². The number of methoxy groups -OCH3 is 1. The first-order valence-electron chi connectivity index (χ1n) is 4.54. The van der Waals surface area contributed by atoms with Gasteiger partial charge in [-0.15, -0.1) is 0 Å². The summed E-state index contributed by atoms with van der Waals surface area (Å²) >= 11 is 0. The summed E-state index contributed by atoms with van der Waals surface area (Å²) in [5.74, 6) is 0.831. The van der Waals surface area contributed by atoms with Gasteiger partial charge < -0.3 is 9.84 Å². The van der Waals surface area contributed by atoms with Crippen molar-refractivity contribution in [3.8, 4) is 5.75 Å². The molecule has 0 aliphatic rings. The van der Waals surface area contributed by atoms with Crippen LogP contribution in [0.2, 0.25) is 0 Å². The largest absolute Gasteiger partial charge is 0.497 e. The van der Waals surface area contributed by atoms with Gasteiger partial charge in [-0.3, -0.25) is 4.99 Å². The van der Waals surface area contributed by atoms with E-state index in [1.165, 1.54) is 0 Å². The van der Waals surface area contributed by atoms with Crippen LogP contribution in [0.3, 0.4) is 0 Å². The fourth-order valence-corrected chi connectivity index (χ4v) is 0.950. The normalized spacial score (nSPS) is 13.1. The Balaban J connectivity index is 2.64. The predicted octanol–water partition coefficient (Wildman–Crippen LogP) is 1.49. The summed E-state index contributed by atoms with van der Waals surface area (Å²) in [6, 6.07) is 7.56. The third-order valence-electron chi connectivity index (χ3n) is 1.86. The SMILES string of the molecule is COc1ccc(/C=N/[C@H](C)CO)cc1. The van der Waals surface area contributed by atoms with Crippen molar-refractivity contribution in [1.29, 1.82) is 0 Å². The van der Waals surface area contributed by atoms with Crippen molar-refractivity contribution in [3.05, 3.63) is 29.8 Å². The van der Waals surface area contributed by atoms with Gasteiger partial charge in [0.25, 0.3) is 0 Å². The molecule has 1 N–H and O–H groups in total. The third-order valence-corrected chi connectivity index (χ3v) is 1.86. The molecule has 0 fully saturated rings. The lowest BCUT2D eigenvalue weighted by molar-refractivity contribution is 0.275. The number of aliphatic imine (C=N–C) groups is 1. The fourth-order valence-electron chi connectivity index (χ4n) is 0.950. The van der Waals surface area contributed by atoms with Gasteiger partial charge in [0.1, 0.15) is 5.75 Å². The number of rotatable bonds is 4. The first-order chi connectivity index (χ1) is 6.76. The van der Waals surface area contributed by atoms with E-state index in [2.05, 4.69) is 4.99 Å². The minimum absolute atomic E-state index is 0.0444. The maximum atomic E-state index is 8.76. The average Bonchev–Trinajstić information content (AvgIpc) is 2.26. The molecule has 0 saturated heterocycles. The van der Waals surface area contributed by atoms with Crippen LogP contribution in [0.4, 0.5) is 0 Å². The zero-order valence-corrected chi connectivity index (χ0v) is 8.47. The zero-order valence-electron chi connectivity index (χ0n) is 8.47. The molecule has 76 valence electrons. The molecule has 3 nitrogen and oxygen atoms in total. The van der Waals surface area contributed by atoms with Gasteiger partial charge in [0.2, 0.25) is 0 Å². The first-order valence-corrected chi connectivity index (χ1v) is 4.54. The van der Waals surface area contributed by atoms with E-state index < -0.39 is 0 Å². The second-order valence-corrected chi connectivity index (χ2v) is 3.08. The van der Waals surface area contributed by atoms with E-state index in [1.807, 2.05) is 31.2 Å². The Labute approximate surface area is 84.1 Å². The highest BCUT2D eigenvalue weighted by Gasteiger charge is 1.94. The Morgan fingerprint density at radius 1 is 1.43 bits per heavy atom. The molecule has 14 heavy (non-hydrogen) atoms. The second kappa shape index (κ2) is 5.40. The molecule has 0 heterocycles. The molecule has 0 saturated carbocycles. The van der Waals surface area contributed by atoms with Crippen LogP contribution in [0.1, 0.15) is 12.5 Å². The Kier molecular flexibility index (Phi) is 4.13. The van der Waals surface area contributed by atoms with Crippen LogP contribution in [0.15, 0.2) is 29.3 Å². The molecule has 0 aliphatic carbocycles. The number of hydrogen-bond donors (Lipinski definition) is 1. The van der Waals surface area contributed by atoms with Gasteiger partial charge in [-0.1, -0.05) is 0 Å². The molecule has 0 bridgehead atoms. The Morgan fingerprint density at radius 2 is 2.07 bits per heavy atom. The maximum absolute atomic E-state index is 8.76. The first kappa shape index (κ1) is 10.7. The topological polar surface area (TPSA) is 41.8 Å². The monoisotopic (exact) mass is 193 g/mol. The lowest BCUT2D eigenvalue weighted by Gasteiger charge is -2.01. The van der Waals surface area contributed by atoms with Crippen molar-refractivity contribution >= 4 is 6.21 Å². The summed E-state index contributed by atoms with van der Waals surface area (Å²) in [6.45, 7) is 1.94. The Bertz CT molecular complexity index is 293. The van der Waals surface area contributed by atoms with Crippen molar-refractivity contribution in [2.45, 2.75) is 13.0 Å². The van der Waals surface area contributed by atoms with Crippen molar-refractivity contribution in [1.82, 2.24) is 0 Å². The Morgan fingerprint density at radius 3 is 2.57 bits per heavy atom. The van der Waals surface area contributed by atoms with Gasteiger partial charge in [0.15, 0.2) is 0 Å². The summed E-state index contributed by atoms with van der Waals surface area (Å²) in [7, 11) is 1.64. The molecule has 0 amide bonds. The summed E-state index contributed by atoms with van der Waals surface area (Å²) in [5, 5.41) is 8.76. The number of aliphatic hydroxyl groups is 1. The number of hydrogen-bond acceptors (Lipinski definition) is 3. The lowest BCUT2D eigenvalue weighted by Crippen LogP contribution is -2.03. The van der Waals surface area contributed by atoms with Gasteiger partial charge in [-0.25, -0.2) is 0 Å². The van der Waals surface area contributed by atoms with Crippen molar-refractivity contribution in [3.63, 3.8) is 0 Å². The van der Waals surface area contributed by atoms with Crippen molar-refractivity contribution in [2.24, 2.45) is 4.99 Å². The fraction of sp³-hybridized carbons (Fsp3) is 0.364. The van der Waals surface area contributed by atoms with E-state index in [1.54, 1.807) is 13.3 Å². The van der Waals surface area contributed by atoms with Crippen LogP contribution < -0.4 is 4.74 Å². The van der Waals surface area contributed by atoms with Crippen LogP contribution in [-0.4, -0.2) is 31.1 Å². The molecule has 1 atom stereocenters. The van der Waals surface area contributed by atoms with Gasteiger partial charge in [0.05, 0.1) is 19.8 Å². The van der Waals surface area contributed by atoms with Crippen LogP contribution in [0.5, 0.6) is 5.75 Å². The number of benzene rings is 1. The van der Waals surface area contributed by atoms with E-state index in [4.69, 9.17) is 9.84 Å². The minimum atomic E-state index is -0.0444. The molecular formula is C11H15NO2. The molecule has 0 unspecified atom stereocenters. The summed E-state index contributed by atoms with van der Waals surface area (Å²) in [4.78, 5) is 4.15. The van der Waals surface area contributed by atoms with Gasteiger partial charge in [0, 0.05) is 6.21 Å². The number of ether oxygens (including phenoxy) is 1. The number of nitrogens with zero attached hydrogens (tertiary/aromatic N) is 1. The molecule has 0 aliphatic heterocycles. The van der Waals surface area contributed by atoms with Gasteiger partial charge in [-0.05, 0) is 36.8 Å². The smallest absolute Gasteiger partial charge is 0.118 e. The third kappa shape index (κ3) is 3.18. The van der Waals surface area contributed by atoms with Crippen LogP contribution in [0.25, 0.3) is 0 Å². The Hall–Kier alpha value is -1.35. The van der Waals surface area contributed by atoms with Crippen LogP contribution in [-0.2, 0) is 0 Å². The maximum Gasteiger partial charge on any atom is 0.118 e. The quantitative estimate of drug-likeness (QED) is 0.736. The highest BCUT2D eigenvalue weighted by Crippen LogP contribution is 2.09. The van der Waals surface area contributed by atoms with Gasteiger partial charge >= 0.3 is 0 Å². The summed E-state index contributed by atoms with van der Waals surface area (Å²) in [5.41, 5.74) is 1.01. The minimum Gasteiger partial charge on any atom is -0.497 e. The average molecular weight is 193 g/mol. The molecule has 0 spiro atoms. The highest BCUT2D eigenvalue weighted by atomic mass is 16.5. The van der Waals surface area contributed by atoms with E-state index in [0.717, 1.165) is 11.3 Å². The van der Waals surface area contributed by atoms with Crippen molar-refractivity contribution in [2.75, 3.05) is 13.7 Å². The van der Waals surface area contributed by atoms with E-state index >= 15 is 0 Å². The second-order valence-electron chi connectivity index (χ2n) is 3.08. The standard InChI is InChI=1S/C11H15NO2/c1-9(8-13)12-7-10-3-5-11(14-2)6-4-10/h3-7,9,13H,8H2,1-2H3/b12-7+/t9-/m1/s1.